The SMILES string of the molecule is Nc1cc(Cl)ccc1C(=O)NCC1CC=CCC1. The van der Waals surface area contributed by atoms with Gasteiger partial charge in [0.25, 0.3) is 5.91 Å². The maximum Gasteiger partial charge on any atom is 0.253 e. The van der Waals surface area contributed by atoms with Crippen LogP contribution in [0.1, 0.15) is 29.6 Å². The number of anilines is 1. The summed E-state index contributed by atoms with van der Waals surface area (Å²) in [7, 11) is 0. The summed E-state index contributed by atoms with van der Waals surface area (Å²) in [6, 6.07) is 4.93. The molecule has 1 unspecified atom stereocenters. The number of allylic oxidation sites excluding steroid dienone is 2. The van der Waals surface area contributed by atoms with Gasteiger partial charge in [0.1, 0.15) is 0 Å². The van der Waals surface area contributed by atoms with Crippen molar-refractivity contribution >= 4 is 23.2 Å². The number of carbonyl (C=O) groups is 1. The Labute approximate surface area is 112 Å². The molecule has 0 radical (unpaired) electrons. The van der Waals surface area contributed by atoms with E-state index in [1.54, 1.807) is 18.2 Å². The Hall–Kier alpha value is -1.48. The van der Waals surface area contributed by atoms with Crippen LogP contribution >= 0.6 is 11.6 Å². The predicted octanol–water partition coefficient (Wildman–Crippen LogP) is 3.01. The summed E-state index contributed by atoms with van der Waals surface area (Å²) < 4.78 is 0. The summed E-state index contributed by atoms with van der Waals surface area (Å²) >= 11 is 5.80. The number of hydrogen-bond donors (Lipinski definition) is 2. The fourth-order valence-corrected chi connectivity index (χ4v) is 2.29. The summed E-state index contributed by atoms with van der Waals surface area (Å²) in [5, 5.41) is 3.48. The zero-order chi connectivity index (χ0) is 13.0. The third-order valence-corrected chi connectivity index (χ3v) is 3.42. The van der Waals surface area contributed by atoms with Gasteiger partial charge in [-0.3, -0.25) is 4.79 Å². The number of nitrogens with two attached hydrogens (primary N) is 1. The van der Waals surface area contributed by atoms with Crippen molar-refractivity contribution in [2.75, 3.05) is 12.3 Å². The Morgan fingerprint density at radius 3 is 2.94 bits per heavy atom. The number of carbonyl (C=O) groups excluding carboxylic acids is 1. The lowest BCUT2D eigenvalue weighted by molar-refractivity contribution is 0.0947. The molecule has 0 spiro atoms. The number of benzene rings is 1. The first kappa shape index (κ1) is 13.0. The first-order chi connectivity index (χ1) is 8.66. The Kier molecular flexibility index (Phi) is 4.26. The molecule has 1 aliphatic carbocycles. The van der Waals surface area contributed by atoms with Gasteiger partial charge in [0, 0.05) is 17.3 Å². The topological polar surface area (TPSA) is 55.1 Å². The van der Waals surface area contributed by atoms with E-state index in [2.05, 4.69) is 17.5 Å². The van der Waals surface area contributed by atoms with Crippen LogP contribution in [0.3, 0.4) is 0 Å². The number of hydrogen-bond acceptors (Lipinski definition) is 2. The molecule has 1 aromatic carbocycles. The molecular formula is C14H17ClN2O. The number of nitrogens with one attached hydrogen (secondary N) is 1. The van der Waals surface area contributed by atoms with E-state index in [4.69, 9.17) is 17.3 Å². The van der Waals surface area contributed by atoms with Crippen molar-refractivity contribution in [3.05, 3.63) is 40.9 Å². The molecule has 0 aromatic heterocycles. The molecule has 0 saturated carbocycles. The molecule has 1 amide bonds. The molecule has 0 bridgehead atoms. The van der Waals surface area contributed by atoms with E-state index in [9.17, 15) is 4.79 Å². The molecule has 0 aliphatic heterocycles. The van der Waals surface area contributed by atoms with Gasteiger partial charge < -0.3 is 11.1 Å². The summed E-state index contributed by atoms with van der Waals surface area (Å²) in [5.41, 5.74) is 6.69. The van der Waals surface area contributed by atoms with Crippen molar-refractivity contribution in [2.24, 2.45) is 5.92 Å². The van der Waals surface area contributed by atoms with E-state index < -0.39 is 0 Å². The summed E-state index contributed by atoms with van der Waals surface area (Å²) in [6.07, 6.45) is 7.64. The molecule has 1 aliphatic rings. The maximum atomic E-state index is 12.0. The van der Waals surface area contributed by atoms with E-state index in [0.29, 0.717) is 28.7 Å². The molecule has 3 nitrogen and oxygen atoms in total. The summed E-state index contributed by atoms with van der Waals surface area (Å²) in [6.45, 7) is 0.700. The highest BCUT2D eigenvalue weighted by Crippen LogP contribution is 2.19. The van der Waals surface area contributed by atoms with Gasteiger partial charge in [-0.1, -0.05) is 23.8 Å². The molecule has 1 atom stereocenters. The van der Waals surface area contributed by atoms with Crippen molar-refractivity contribution in [2.45, 2.75) is 19.3 Å². The first-order valence-electron chi connectivity index (χ1n) is 6.15. The van der Waals surface area contributed by atoms with Crippen LogP contribution in [-0.4, -0.2) is 12.5 Å². The van der Waals surface area contributed by atoms with Gasteiger partial charge in [-0.15, -0.1) is 0 Å². The average molecular weight is 265 g/mol. The van der Waals surface area contributed by atoms with Gasteiger partial charge in [0.2, 0.25) is 0 Å². The van der Waals surface area contributed by atoms with Crippen LogP contribution in [0.25, 0.3) is 0 Å². The van der Waals surface area contributed by atoms with Crippen LogP contribution in [-0.2, 0) is 0 Å². The number of halogens is 1. The van der Waals surface area contributed by atoms with Crippen molar-refractivity contribution in [3.63, 3.8) is 0 Å². The molecule has 18 heavy (non-hydrogen) atoms. The highest BCUT2D eigenvalue weighted by atomic mass is 35.5. The molecular weight excluding hydrogens is 248 g/mol. The highest BCUT2D eigenvalue weighted by molar-refractivity contribution is 6.31. The van der Waals surface area contributed by atoms with Gasteiger partial charge in [0.05, 0.1) is 5.56 Å². The number of rotatable bonds is 3. The van der Waals surface area contributed by atoms with Crippen LogP contribution in [0.4, 0.5) is 5.69 Å². The monoisotopic (exact) mass is 264 g/mol. The predicted molar refractivity (Wildman–Crippen MR) is 74.7 cm³/mol. The van der Waals surface area contributed by atoms with E-state index in [-0.39, 0.29) is 5.91 Å². The standard InChI is InChI=1S/C14H17ClN2O/c15-11-6-7-12(13(16)8-11)14(18)17-9-10-4-2-1-3-5-10/h1-2,6-8,10H,3-5,9,16H2,(H,17,18). The second kappa shape index (κ2) is 5.91. The summed E-state index contributed by atoms with van der Waals surface area (Å²) in [5.74, 6) is 0.409. The van der Waals surface area contributed by atoms with E-state index in [0.717, 1.165) is 19.3 Å². The Morgan fingerprint density at radius 1 is 1.44 bits per heavy atom. The molecule has 96 valence electrons. The molecule has 0 fully saturated rings. The van der Waals surface area contributed by atoms with Gasteiger partial charge >= 0.3 is 0 Å². The third-order valence-electron chi connectivity index (χ3n) is 3.19. The third kappa shape index (κ3) is 3.26. The van der Waals surface area contributed by atoms with Gasteiger partial charge in [0.15, 0.2) is 0 Å². The normalized spacial score (nSPS) is 18.6. The van der Waals surface area contributed by atoms with Gasteiger partial charge in [-0.05, 0) is 43.4 Å². The second-order valence-corrected chi connectivity index (χ2v) is 5.03. The van der Waals surface area contributed by atoms with Gasteiger partial charge in [-0.25, -0.2) is 0 Å². The minimum Gasteiger partial charge on any atom is -0.398 e. The highest BCUT2D eigenvalue weighted by Gasteiger charge is 2.13. The lowest BCUT2D eigenvalue weighted by atomic mass is 9.94. The lowest BCUT2D eigenvalue weighted by Gasteiger charge is -2.18. The summed E-state index contributed by atoms with van der Waals surface area (Å²) in [4.78, 5) is 12.0. The Bertz CT molecular complexity index is 471. The molecule has 2 rings (SSSR count). The van der Waals surface area contributed by atoms with Gasteiger partial charge in [-0.2, -0.15) is 0 Å². The Balaban J connectivity index is 1.93. The zero-order valence-electron chi connectivity index (χ0n) is 10.2. The molecule has 0 heterocycles. The van der Waals surface area contributed by atoms with Crippen molar-refractivity contribution < 1.29 is 4.79 Å². The van der Waals surface area contributed by atoms with Crippen LogP contribution in [0, 0.1) is 5.92 Å². The fourth-order valence-electron chi connectivity index (χ4n) is 2.11. The van der Waals surface area contributed by atoms with E-state index in [1.165, 1.54) is 0 Å². The van der Waals surface area contributed by atoms with Crippen LogP contribution in [0.15, 0.2) is 30.4 Å². The molecule has 1 aromatic rings. The van der Waals surface area contributed by atoms with Crippen LogP contribution in [0.5, 0.6) is 0 Å². The Morgan fingerprint density at radius 2 is 2.28 bits per heavy atom. The smallest absolute Gasteiger partial charge is 0.253 e. The first-order valence-corrected chi connectivity index (χ1v) is 6.53. The number of nitrogen functional groups attached to an aromatic ring is 1. The van der Waals surface area contributed by atoms with Crippen molar-refractivity contribution in [1.29, 1.82) is 0 Å². The number of amides is 1. The molecule has 4 heteroatoms. The fraction of sp³-hybridized carbons (Fsp3) is 0.357. The minimum atomic E-state index is -0.126. The van der Waals surface area contributed by atoms with E-state index >= 15 is 0 Å². The zero-order valence-corrected chi connectivity index (χ0v) is 10.9. The van der Waals surface area contributed by atoms with Crippen molar-refractivity contribution in [1.82, 2.24) is 5.32 Å². The van der Waals surface area contributed by atoms with E-state index in [1.807, 2.05) is 0 Å². The molecule has 0 saturated heterocycles. The maximum absolute atomic E-state index is 12.0. The molecule has 3 N–H and O–H groups in total. The second-order valence-electron chi connectivity index (χ2n) is 4.59. The van der Waals surface area contributed by atoms with Crippen LogP contribution < -0.4 is 11.1 Å². The van der Waals surface area contributed by atoms with Crippen molar-refractivity contribution in [3.8, 4) is 0 Å². The average Bonchev–Trinajstić information content (AvgIpc) is 2.37. The quantitative estimate of drug-likeness (QED) is 0.651. The van der Waals surface area contributed by atoms with Crippen LogP contribution in [0.2, 0.25) is 5.02 Å². The lowest BCUT2D eigenvalue weighted by Crippen LogP contribution is -2.30. The largest absolute Gasteiger partial charge is 0.398 e. The minimum absolute atomic E-state index is 0.126.